The molecule has 0 aromatic carbocycles. The maximum Gasteiger partial charge on any atom is 0.132 e. The van der Waals surface area contributed by atoms with Crippen LogP contribution in [-0.4, -0.2) is 23.3 Å². The Kier molecular flexibility index (Phi) is 3.88. The summed E-state index contributed by atoms with van der Waals surface area (Å²) in [6, 6.07) is 0. The van der Waals surface area contributed by atoms with E-state index in [0.717, 1.165) is 0 Å². The molecule has 9 heavy (non-hydrogen) atoms. The fraction of sp³-hybridized carbons (Fsp3) is 0.667. The number of ketones is 1. The Morgan fingerprint density at radius 3 is 2.67 bits per heavy atom. The van der Waals surface area contributed by atoms with E-state index in [2.05, 4.69) is 0 Å². The van der Waals surface area contributed by atoms with Crippen molar-refractivity contribution in [1.29, 1.82) is 0 Å². The molecule has 0 amide bonds. The van der Waals surface area contributed by atoms with E-state index in [1.54, 1.807) is 0 Å². The van der Waals surface area contributed by atoms with E-state index in [1.807, 2.05) is 0 Å². The standard InChI is InChI=1S/C6H10O3/c1-5(8)4-6(9)2-3-7/h3,6,9H,2,4H2,1H3. The predicted molar refractivity (Wildman–Crippen MR) is 32.0 cm³/mol. The first-order valence-electron chi connectivity index (χ1n) is 2.78. The molecule has 0 aromatic rings. The lowest BCUT2D eigenvalue weighted by Gasteiger charge is -2.00. The molecule has 0 aromatic heterocycles. The molecule has 0 aliphatic heterocycles. The molecule has 1 atom stereocenters. The molecule has 0 rings (SSSR count). The maximum absolute atomic E-state index is 10.3. The summed E-state index contributed by atoms with van der Waals surface area (Å²) in [5.41, 5.74) is 0. The van der Waals surface area contributed by atoms with Gasteiger partial charge in [-0.15, -0.1) is 0 Å². The Hall–Kier alpha value is -0.700. The zero-order chi connectivity index (χ0) is 7.28. The number of aliphatic hydroxyl groups is 1. The highest BCUT2D eigenvalue weighted by atomic mass is 16.3. The first-order chi connectivity index (χ1) is 4.16. The molecule has 0 aliphatic rings. The predicted octanol–water partition coefficient (Wildman–Crippen LogP) is -0.0846. The molecule has 52 valence electrons. The molecular weight excluding hydrogens is 120 g/mol. The summed E-state index contributed by atoms with van der Waals surface area (Å²) in [6.07, 6.45) is -0.0358. The monoisotopic (exact) mass is 130 g/mol. The summed E-state index contributed by atoms with van der Waals surface area (Å²) in [6.45, 7) is 1.38. The molecule has 0 bridgehead atoms. The van der Waals surface area contributed by atoms with Crippen LogP contribution in [0.15, 0.2) is 0 Å². The fourth-order valence-corrected chi connectivity index (χ4v) is 0.526. The summed E-state index contributed by atoms with van der Waals surface area (Å²) in [5, 5.41) is 8.77. The van der Waals surface area contributed by atoms with Crippen molar-refractivity contribution in [3.63, 3.8) is 0 Å². The number of aldehydes is 1. The van der Waals surface area contributed by atoms with E-state index in [9.17, 15) is 9.59 Å². The van der Waals surface area contributed by atoms with Gasteiger partial charge in [-0.3, -0.25) is 4.79 Å². The van der Waals surface area contributed by atoms with Gasteiger partial charge < -0.3 is 9.90 Å². The minimum atomic E-state index is -0.778. The highest BCUT2D eigenvalue weighted by Gasteiger charge is 2.04. The van der Waals surface area contributed by atoms with Gasteiger partial charge in [0.15, 0.2) is 0 Å². The molecule has 3 heteroatoms. The topological polar surface area (TPSA) is 54.4 Å². The molecular formula is C6H10O3. The van der Waals surface area contributed by atoms with E-state index < -0.39 is 6.10 Å². The maximum atomic E-state index is 10.3. The van der Waals surface area contributed by atoms with Crippen LogP contribution >= 0.6 is 0 Å². The number of Topliss-reactive ketones (excluding diaryl/α,β-unsaturated/α-hetero) is 1. The molecule has 0 saturated carbocycles. The van der Waals surface area contributed by atoms with E-state index in [4.69, 9.17) is 5.11 Å². The van der Waals surface area contributed by atoms with Crippen molar-refractivity contribution in [2.24, 2.45) is 0 Å². The van der Waals surface area contributed by atoms with Crippen LogP contribution in [0.1, 0.15) is 19.8 Å². The van der Waals surface area contributed by atoms with Gasteiger partial charge in [-0.05, 0) is 6.92 Å². The van der Waals surface area contributed by atoms with E-state index in [-0.39, 0.29) is 18.6 Å². The first kappa shape index (κ1) is 8.30. The Balaban J connectivity index is 3.37. The van der Waals surface area contributed by atoms with Gasteiger partial charge in [-0.2, -0.15) is 0 Å². The summed E-state index contributed by atoms with van der Waals surface area (Å²) in [4.78, 5) is 20.0. The second-order valence-electron chi connectivity index (χ2n) is 1.96. The third-order valence-corrected chi connectivity index (χ3v) is 0.891. The smallest absolute Gasteiger partial charge is 0.132 e. The van der Waals surface area contributed by atoms with Crippen LogP contribution in [-0.2, 0) is 9.59 Å². The van der Waals surface area contributed by atoms with Gasteiger partial charge in [0.05, 0.1) is 6.10 Å². The molecule has 0 spiro atoms. The molecule has 0 saturated heterocycles. The van der Waals surface area contributed by atoms with Crippen molar-refractivity contribution in [2.75, 3.05) is 0 Å². The van der Waals surface area contributed by atoms with Crippen LogP contribution in [0.5, 0.6) is 0 Å². The Morgan fingerprint density at radius 1 is 1.78 bits per heavy atom. The van der Waals surface area contributed by atoms with Gasteiger partial charge in [0, 0.05) is 12.8 Å². The Labute approximate surface area is 53.7 Å². The second kappa shape index (κ2) is 4.21. The zero-order valence-corrected chi connectivity index (χ0v) is 5.33. The van der Waals surface area contributed by atoms with Gasteiger partial charge in [0.2, 0.25) is 0 Å². The van der Waals surface area contributed by atoms with Gasteiger partial charge >= 0.3 is 0 Å². The minimum Gasteiger partial charge on any atom is -0.392 e. The SMILES string of the molecule is CC(=O)CC(O)CC=O. The van der Waals surface area contributed by atoms with Gasteiger partial charge in [-0.25, -0.2) is 0 Å². The summed E-state index contributed by atoms with van der Waals surface area (Å²) in [7, 11) is 0. The van der Waals surface area contributed by atoms with Crippen LogP contribution in [0.4, 0.5) is 0 Å². The number of carbonyl (C=O) groups excluding carboxylic acids is 2. The van der Waals surface area contributed by atoms with Crippen LogP contribution in [0.25, 0.3) is 0 Å². The summed E-state index contributed by atoms with van der Waals surface area (Å²) >= 11 is 0. The molecule has 0 aliphatic carbocycles. The lowest BCUT2D eigenvalue weighted by molar-refractivity contribution is -0.119. The Morgan fingerprint density at radius 2 is 2.33 bits per heavy atom. The average molecular weight is 130 g/mol. The average Bonchev–Trinajstić information content (AvgIpc) is 1.63. The number of hydrogen-bond acceptors (Lipinski definition) is 3. The minimum absolute atomic E-state index is 0.0551. The summed E-state index contributed by atoms with van der Waals surface area (Å²) in [5.74, 6) is -0.0932. The third-order valence-electron chi connectivity index (χ3n) is 0.891. The van der Waals surface area contributed by atoms with Gasteiger partial charge in [-0.1, -0.05) is 0 Å². The molecule has 1 unspecified atom stereocenters. The lowest BCUT2D eigenvalue weighted by atomic mass is 10.1. The molecule has 3 nitrogen and oxygen atoms in total. The van der Waals surface area contributed by atoms with Crippen molar-refractivity contribution in [2.45, 2.75) is 25.9 Å². The molecule has 1 N–H and O–H groups in total. The number of hydrogen-bond donors (Lipinski definition) is 1. The van der Waals surface area contributed by atoms with E-state index in [0.29, 0.717) is 6.29 Å². The molecule has 0 radical (unpaired) electrons. The second-order valence-corrected chi connectivity index (χ2v) is 1.96. The highest BCUT2D eigenvalue weighted by molar-refractivity contribution is 5.76. The van der Waals surface area contributed by atoms with Crippen molar-refractivity contribution in [1.82, 2.24) is 0 Å². The molecule has 0 fully saturated rings. The lowest BCUT2D eigenvalue weighted by Crippen LogP contribution is -2.11. The number of carbonyl (C=O) groups is 2. The van der Waals surface area contributed by atoms with Crippen LogP contribution in [0.3, 0.4) is 0 Å². The van der Waals surface area contributed by atoms with E-state index in [1.165, 1.54) is 6.92 Å². The largest absolute Gasteiger partial charge is 0.392 e. The summed E-state index contributed by atoms with van der Waals surface area (Å²) < 4.78 is 0. The van der Waals surface area contributed by atoms with Gasteiger partial charge in [0.25, 0.3) is 0 Å². The van der Waals surface area contributed by atoms with E-state index >= 15 is 0 Å². The Bertz CT molecular complexity index is 109. The van der Waals surface area contributed by atoms with Crippen LogP contribution < -0.4 is 0 Å². The van der Waals surface area contributed by atoms with Crippen molar-refractivity contribution >= 4 is 12.1 Å². The number of aliphatic hydroxyl groups excluding tert-OH is 1. The fourth-order valence-electron chi connectivity index (χ4n) is 0.526. The highest BCUT2D eigenvalue weighted by Crippen LogP contribution is 1.94. The van der Waals surface area contributed by atoms with Crippen LogP contribution in [0, 0.1) is 0 Å². The zero-order valence-electron chi connectivity index (χ0n) is 5.33. The van der Waals surface area contributed by atoms with Crippen LogP contribution in [0.2, 0.25) is 0 Å². The molecule has 0 heterocycles. The van der Waals surface area contributed by atoms with Crippen molar-refractivity contribution < 1.29 is 14.7 Å². The van der Waals surface area contributed by atoms with Crippen molar-refractivity contribution in [3.8, 4) is 0 Å². The normalized spacial score (nSPS) is 12.7. The quantitative estimate of drug-likeness (QED) is 0.541. The number of rotatable bonds is 4. The van der Waals surface area contributed by atoms with Crippen molar-refractivity contribution in [3.05, 3.63) is 0 Å². The van der Waals surface area contributed by atoms with Gasteiger partial charge in [0.1, 0.15) is 12.1 Å². The third kappa shape index (κ3) is 5.17. The first-order valence-corrected chi connectivity index (χ1v) is 2.78.